The zero-order chi connectivity index (χ0) is 15.4. The second-order valence-electron chi connectivity index (χ2n) is 4.33. The third-order valence-corrected chi connectivity index (χ3v) is 3.21. The monoisotopic (exact) mass is 312 g/mol. The van der Waals surface area contributed by atoms with Crippen molar-refractivity contribution in [1.29, 1.82) is 0 Å². The fourth-order valence-corrected chi connectivity index (χ4v) is 2.07. The van der Waals surface area contributed by atoms with Crippen LogP contribution in [0.4, 0.5) is 4.39 Å². The second kappa shape index (κ2) is 6.53. The van der Waals surface area contributed by atoms with Gasteiger partial charge in [0.05, 0.1) is 10.6 Å². The van der Waals surface area contributed by atoms with Gasteiger partial charge in [0.2, 0.25) is 0 Å². The molecule has 2 rings (SSSR count). The Hall–Kier alpha value is -2.15. The number of nitrogens with zero attached hydrogens (tertiary/aromatic N) is 3. The zero-order valence-corrected chi connectivity index (χ0v) is 12.1. The highest BCUT2D eigenvalue weighted by molar-refractivity contribution is 6.32. The van der Waals surface area contributed by atoms with Gasteiger partial charge >= 0.3 is 0 Å². The van der Waals surface area contributed by atoms with Crippen molar-refractivity contribution in [2.24, 2.45) is 0 Å². The van der Waals surface area contributed by atoms with Gasteiger partial charge in [-0.3, -0.25) is 4.79 Å². The molecular formula is C13H14ClFN4O2. The van der Waals surface area contributed by atoms with E-state index in [-0.39, 0.29) is 17.1 Å². The van der Waals surface area contributed by atoms with Crippen LogP contribution in [0.1, 0.15) is 23.1 Å². The molecule has 21 heavy (non-hydrogen) atoms. The molecule has 0 atom stereocenters. The molecule has 2 N–H and O–H groups in total. The van der Waals surface area contributed by atoms with Crippen molar-refractivity contribution in [2.45, 2.75) is 19.9 Å². The fourth-order valence-electron chi connectivity index (χ4n) is 1.86. The Kier molecular flexibility index (Phi) is 4.74. The normalized spacial score (nSPS) is 10.6. The maximum atomic E-state index is 13.2. The van der Waals surface area contributed by atoms with Crippen LogP contribution in [0.5, 0.6) is 5.75 Å². The van der Waals surface area contributed by atoms with E-state index in [1.165, 1.54) is 0 Å². The highest BCUT2D eigenvalue weighted by atomic mass is 35.5. The average molecular weight is 313 g/mol. The van der Waals surface area contributed by atoms with Gasteiger partial charge in [0, 0.05) is 19.5 Å². The molecule has 6 nitrogen and oxygen atoms in total. The minimum atomic E-state index is -0.685. The minimum absolute atomic E-state index is 0.195. The predicted octanol–water partition coefficient (Wildman–Crippen LogP) is 1.77. The van der Waals surface area contributed by atoms with Crippen LogP contribution in [-0.2, 0) is 13.0 Å². The van der Waals surface area contributed by atoms with Gasteiger partial charge in [-0.05, 0) is 12.1 Å². The lowest BCUT2D eigenvalue weighted by Crippen LogP contribution is -2.27. The van der Waals surface area contributed by atoms with Gasteiger partial charge in [0.1, 0.15) is 23.7 Å². The molecule has 1 aromatic heterocycles. The Morgan fingerprint density at radius 2 is 2.29 bits per heavy atom. The quantitative estimate of drug-likeness (QED) is 0.882. The molecular weight excluding hydrogens is 299 g/mol. The van der Waals surface area contributed by atoms with Crippen LogP contribution in [0.25, 0.3) is 0 Å². The number of rotatable bonds is 5. The SMILES string of the molecule is CCc1nncn1CCNC(=O)c1cc(F)cc(Cl)c1O. The van der Waals surface area contributed by atoms with Gasteiger partial charge in [0.15, 0.2) is 0 Å². The molecule has 0 unspecified atom stereocenters. The van der Waals surface area contributed by atoms with Crippen molar-refractivity contribution >= 4 is 17.5 Å². The van der Waals surface area contributed by atoms with Gasteiger partial charge < -0.3 is 15.0 Å². The molecule has 0 spiro atoms. The van der Waals surface area contributed by atoms with Crippen molar-refractivity contribution in [1.82, 2.24) is 20.1 Å². The fraction of sp³-hybridized carbons (Fsp3) is 0.308. The summed E-state index contributed by atoms with van der Waals surface area (Å²) in [6, 6.07) is 1.88. The van der Waals surface area contributed by atoms with Crippen LogP contribution in [0, 0.1) is 5.82 Å². The lowest BCUT2D eigenvalue weighted by Gasteiger charge is -2.09. The van der Waals surface area contributed by atoms with Gasteiger partial charge in [-0.2, -0.15) is 0 Å². The molecule has 0 radical (unpaired) electrons. The summed E-state index contributed by atoms with van der Waals surface area (Å²) in [5.74, 6) is -0.912. The first-order valence-electron chi connectivity index (χ1n) is 6.35. The van der Waals surface area contributed by atoms with E-state index in [1.807, 2.05) is 6.92 Å². The molecule has 0 fully saturated rings. The molecule has 0 aliphatic rings. The number of carbonyl (C=O) groups excluding carboxylic acids is 1. The number of phenolic OH excluding ortho intramolecular Hbond substituents is 1. The first-order chi connectivity index (χ1) is 10.0. The minimum Gasteiger partial charge on any atom is -0.506 e. The number of hydrogen-bond donors (Lipinski definition) is 2. The van der Waals surface area contributed by atoms with Crippen molar-refractivity contribution in [3.63, 3.8) is 0 Å². The second-order valence-corrected chi connectivity index (χ2v) is 4.74. The number of aromatic hydroxyl groups is 1. The summed E-state index contributed by atoms with van der Waals surface area (Å²) in [5.41, 5.74) is -0.195. The van der Waals surface area contributed by atoms with E-state index < -0.39 is 17.5 Å². The van der Waals surface area contributed by atoms with Crippen LogP contribution >= 0.6 is 11.6 Å². The summed E-state index contributed by atoms with van der Waals surface area (Å²) < 4.78 is 15.0. The molecule has 2 aromatic rings. The maximum Gasteiger partial charge on any atom is 0.255 e. The summed E-state index contributed by atoms with van der Waals surface area (Å²) in [6.45, 7) is 2.72. The summed E-state index contributed by atoms with van der Waals surface area (Å²) in [6.07, 6.45) is 2.30. The number of aromatic nitrogens is 3. The van der Waals surface area contributed by atoms with Crippen LogP contribution in [0.3, 0.4) is 0 Å². The predicted molar refractivity (Wildman–Crippen MR) is 74.8 cm³/mol. The first-order valence-corrected chi connectivity index (χ1v) is 6.73. The van der Waals surface area contributed by atoms with Gasteiger partial charge in [-0.25, -0.2) is 4.39 Å². The van der Waals surface area contributed by atoms with Crippen LogP contribution in [0.15, 0.2) is 18.5 Å². The number of hydrogen-bond acceptors (Lipinski definition) is 4. The molecule has 1 aromatic carbocycles. The summed E-state index contributed by atoms with van der Waals surface area (Å²) in [4.78, 5) is 11.9. The van der Waals surface area contributed by atoms with Crippen molar-refractivity contribution in [3.8, 4) is 5.75 Å². The lowest BCUT2D eigenvalue weighted by atomic mass is 10.2. The highest BCUT2D eigenvalue weighted by Crippen LogP contribution is 2.28. The standard InChI is InChI=1S/C13H14ClFN4O2/c1-2-11-18-17-7-19(11)4-3-16-13(21)9-5-8(15)6-10(14)12(9)20/h5-7,20H,2-4H2,1H3,(H,16,21). The van der Waals surface area contributed by atoms with E-state index in [2.05, 4.69) is 15.5 Å². The number of phenols is 1. The van der Waals surface area contributed by atoms with Gasteiger partial charge in [-0.1, -0.05) is 18.5 Å². The molecule has 8 heteroatoms. The zero-order valence-electron chi connectivity index (χ0n) is 11.3. The highest BCUT2D eigenvalue weighted by Gasteiger charge is 2.15. The van der Waals surface area contributed by atoms with Gasteiger partial charge in [-0.15, -0.1) is 10.2 Å². The molecule has 0 saturated heterocycles. The topological polar surface area (TPSA) is 80.0 Å². The van der Waals surface area contributed by atoms with E-state index in [1.54, 1.807) is 10.9 Å². The number of halogens is 2. The average Bonchev–Trinajstić information content (AvgIpc) is 2.90. The Labute approximate surface area is 125 Å². The van der Waals surface area contributed by atoms with Crippen molar-refractivity contribution in [2.75, 3.05) is 6.54 Å². The van der Waals surface area contributed by atoms with Crippen molar-refractivity contribution < 1.29 is 14.3 Å². The molecule has 0 saturated carbocycles. The molecule has 1 heterocycles. The largest absolute Gasteiger partial charge is 0.506 e. The van der Waals surface area contributed by atoms with E-state index in [4.69, 9.17) is 11.6 Å². The Morgan fingerprint density at radius 3 is 3.00 bits per heavy atom. The Morgan fingerprint density at radius 1 is 1.52 bits per heavy atom. The van der Waals surface area contributed by atoms with E-state index in [9.17, 15) is 14.3 Å². The molecule has 1 amide bonds. The Balaban J connectivity index is 1.99. The van der Waals surface area contributed by atoms with E-state index in [0.29, 0.717) is 6.54 Å². The molecule has 0 aliphatic carbocycles. The van der Waals surface area contributed by atoms with Crippen LogP contribution < -0.4 is 5.32 Å². The Bertz CT molecular complexity index is 660. The number of carbonyl (C=O) groups is 1. The summed E-state index contributed by atoms with van der Waals surface area (Å²) in [7, 11) is 0. The van der Waals surface area contributed by atoms with Crippen LogP contribution in [-0.4, -0.2) is 32.3 Å². The molecule has 0 aliphatic heterocycles. The number of nitrogens with one attached hydrogen (secondary N) is 1. The van der Waals surface area contributed by atoms with E-state index in [0.717, 1.165) is 24.4 Å². The molecule has 112 valence electrons. The summed E-state index contributed by atoms with van der Waals surface area (Å²) in [5, 5.41) is 19.8. The van der Waals surface area contributed by atoms with E-state index >= 15 is 0 Å². The lowest BCUT2D eigenvalue weighted by molar-refractivity contribution is 0.0949. The number of aryl methyl sites for hydroxylation is 1. The van der Waals surface area contributed by atoms with Crippen molar-refractivity contribution in [3.05, 3.63) is 40.7 Å². The number of amides is 1. The smallest absolute Gasteiger partial charge is 0.255 e. The summed E-state index contributed by atoms with van der Waals surface area (Å²) >= 11 is 5.63. The molecule has 0 bridgehead atoms. The third kappa shape index (κ3) is 3.49. The van der Waals surface area contributed by atoms with Crippen LogP contribution in [0.2, 0.25) is 5.02 Å². The number of benzene rings is 1. The third-order valence-electron chi connectivity index (χ3n) is 2.92. The van der Waals surface area contributed by atoms with Gasteiger partial charge in [0.25, 0.3) is 5.91 Å². The maximum absolute atomic E-state index is 13.2. The first kappa shape index (κ1) is 15.2.